The van der Waals surface area contributed by atoms with Crippen LogP contribution in [-0.4, -0.2) is 83.0 Å². The Morgan fingerprint density at radius 1 is 1.12 bits per heavy atom. The monoisotopic (exact) mass is 468 g/mol. The number of nitrogens with zero attached hydrogens (tertiary/aromatic N) is 3. The van der Waals surface area contributed by atoms with Crippen LogP contribution in [0.5, 0.6) is 5.75 Å². The van der Waals surface area contributed by atoms with Gasteiger partial charge in [0.2, 0.25) is 5.91 Å². The SMILES string of the molecule is COc1ccc2c(c1)N1CCN(c3ccc(F)cc3)C[C@H]1[C@H](C(=O)NCCN1CCOCC1)C2. The molecule has 0 aliphatic carbocycles. The molecule has 0 aromatic heterocycles. The lowest BCUT2D eigenvalue weighted by Gasteiger charge is -2.49. The van der Waals surface area contributed by atoms with Crippen molar-refractivity contribution in [2.45, 2.75) is 12.5 Å². The van der Waals surface area contributed by atoms with Gasteiger partial charge in [0.25, 0.3) is 0 Å². The van der Waals surface area contributed by atoms with Crippen LogP contribution in [0.4, 0.5) is 15.8 Å². The Balaban J connectivity index is 1.34. The van der Waals surface area contributed by atoms with Crippen molar-refractivity contribution in [3.63, 3.8) is 0 Å². The minimum Gasteiger partial charge on any atom is -0.497 e. The molecule has 34 heavy (non-hydrogen) atoms. The predicted molar refractivity (Wildman–Crippen MR) is 130 cm³/mol. The maximum absolute atomic E-state index is 13.5. The van der Waals surface area contributed by atoms with Crippen LogP contribution in [0.25, 0.3) is 0 Å². The minimum atomic E-state index is -0.237. The molecule has 2 aromatic rings. The van der Waals surface area contributed by atoms with E-state index in [1.54, 1.807) is 7.11 Å². The molecule has 1 N–H and O–H groups in total. The van der Waals surface area contributed by atoms with Gasteiger partial charge < -0.3 is 24.6 Å². The third-order valence-corrected chi connectivity index (χ3v) is 7.28. The highest BCUT2D eigenvalue weighted by Gasteiger charge is 2.41. The van der Waals surface area contributed by atoms with Gasteiger partial charge in [0.1, 0.15) is 11.6 Å². The van der Waals surface area contributed by atoms with E-state index in [1.165, 1.54) is 17.7 Å². The predicted octanol–water partition coefficient (Wildman–Crippen LogP) is 2.15. The molecule has 3 aliphatic heterocycles. The zero-order valence-electron chi connectivity index (χ0n) is 19.7. The summed E-state index contributed by atoms with van der Waals surface area (Å²) in [6, 6.07) is 12.8. The number of ether oxygens (including phenoxy) is 2. The molecule has 2 saturated heterocycles. The molecule has 0 bridgehead atoms. The number of hydrogen-bond acceptors (Lipinski definition) is 6. The van der Waals surface area contributed by atoms with E-state index in [0.717, 1.165) is 63.1 Å². The van der Waals surface area contributed by atoms with Crippen LogP contribution in [0.2, 0.25) is 0 Å². The molecule has 0 saturated carbocycles. The molecule has 3 heterocycles. The lowest BCUT2D eigenvalue weighted by molar-refractivity contribution is -0.125. The van der Waals surface area contributed by atoms with Crippen LogP contribution in [-0.2, 0) is 16.0 Å². The van der Waals surface area contributed by atoms with Crippen molar-refractivity contribution in [1.82, 2.24) is 10.2 Å². The summed E-state index contributed by atoms with van der Waals surface area (Å²) in [5, 5.41) is 3.21. The number of piperazine rings is 1. The van der Waals surface area contributed by atoms with E-state index >= 15 is 0 Å². The molecule has 3 aliphatic rings. The van der Waals surface area contributed by atoms with Gasteiger partial charge in [-0.1, -0.05) is 6.07 Å². The molecule has 8 heteroatoms. The molecule has 1 amide bonds. The van der Waals surface area contributed by atoms with Crippen molar-refractivity contribution in [2.24, 2.45) is 5.92 Å². The molecular weight excluding hydrogens is 435 g/mol. The quantitative estimate of drug-likeness (QED) is 0.701. The van der Waals surface area contributed by atoms with Gasteiger partial charge in [-0.05, 0) is 42.3 Å². The van der Waals surface area contributed by atoms with E-state index in [0.29, 0.717) is 19.5 Å². The summed E-state index contributed by atoms with van der Waals surface area (Å²) in [6.07, 6.45) is 0.696. The van der Waals surface area contributed by atoms with E-state index < -0.39 is 0 Å². The van der Waals surface area contributed by atoms with Crippen molar-refractivity contribution in [1.29, 1.82) is 0 Å². The zero-order chi connectivity index (χ0) is 23.5. The number of hydrogen-bond donors (Lipinski definition) is 1. The van der Waals surface area contributed by atoms with Gasteiger partial charge in [0.15, 0.2) is 0 Å². The first kappa shape index (κ1) is 22.9. The van der Waals surface area contributed by atoms with Crippen LogP contribution in [0, 0.1) is 11.7 Å². The highest BCUT2D eigenvalue weighted by atomic mass is 19.1. The third-order valence-electron chi connectivity index (χ3n) is 7.28. The van der Waals surface area contributed by atoms with Crippen LogP contribution in [0.3, 0.4) is 0 Å². The van der Waals surface area contributed by atoms with Gasteiger partial charge in [0, 0.05) is 63.3 Å². The second-order valence-corrected chi connectivity index (χ2v) is 9.23. The number of methoxy groups -OCH3 is 1. The molecule has 2 atom stereocenters. The van der Waals surface area contributed by atoms with Gasteiger partial charge in [-0.2, -0.15) is 0 Å². The van der Waals surface area contributed by atoms with Crippen molar-refractivity contribution >= 4 is 17.3 Å². The number of anilines is 2. The summed E-state index contributed by atoms with van der Waals surface area (Å²) in [5.41, 5.74) is 3.32. The fourth-order valence-corrected chi connectivity index (χ4v) is 5.38. The zero-order valence-corrected chi connectivity index (χ0v) is 19.7. The van der Waals surface area contributed by atoms with Crippen LogP contribution < -0.4 is 19.9 Å². The van der Waals surface area contributed by atoms with Crippen LogP contribution >= 0.6 is 0 Å². The van der Waals surface area contributed by atoms with Crippen LogP contribution in [0.15, 0.2) is 42.5 Å². The van der Waals surface area contributed by atoms with Crippen molar-refractivity contribution < 1.29 is 18.7 Å². The highest BCUT2D eigenvalue weighted by molar-refractivity contribution is 5.82. The first-order chi connectivity index (χ1) is 16.6. The van der Waals surface area contributed by atoms with Gasteiger partial charge in [-0.25, -0.2) is 4.39 Å². The Hall–Kier alpha value is -2.84. The van der Waals surface area contributed by atoms with Crippen molar-refractivity contribution in [3.8, 4) is 5.75 Å². The van der Waals surface area contributed by atoms with Gasteiger partial charge in [-0.3, -0.25) is 9.69 Å². The molecule has 0 unspecified atom stereocenters. The number of fused-ring (bicyclic) bond motifs is 3. The largest absolute Gasteiger partial charge is 0.497 e. The maximum Gasteiger partial charge on any atom is 0.225 e. The van der Waals surface area contributed by atoms with E-state index in [2.05, 4.69) is 32.1 Å². The summed E-state index contributed by atoms with van der Waals surface area (Å²) in [6.45, 7) is 7.13. The lowest BCUT2D eigenvalue weighted by atomic mass is 9.83. The Labute approximate surface area is 200 Å². The summed E-state index contributed by atoms with van der Waals surface area (Å²) in [4.78, 5) is 20.4. The summed E-state index contributed by atoms with van der Waals surface area (Å²) in [5.74, 6) is 0.532. The standard InChI is InChI=1S/C26H33FN4O3/c1-33-22-7-2-19-16-23(26(32)28-8-9-29-12-14-34-15-13-29)25-18-30(10-11-31(25)24(19)17-22)21-5-3-20(27)4-6-21/h2-7,17,23,25H,8-16,18H2,1H3,(H,28,32)/t23-,25+/m1/s1. The molecule has 0 radical (unpaired) electrons. The fourth-order valence-electron chi connectivity index (χ4n) is 5.38. The average molecular weight is 469 g/mol. The molecule has 182 valence electrons. The Bertz CT molecular complexity index is 996. The third kappa shape index (κ3) is 4.83. The van der Waals surface area contributed by atoms with E-state index in [1.807, 2.05) is 18.2 Å². The van der Waals surface area contributed by atoms with Gasteiger partial charge >= 0.3 is 0 Å². The van der Waals surface area contributed by atoms with Crippen LogP contribution in [0.1, 0.15) is 5.56 Å². The van der Waals surface area contributed by atoms with Crippen molar-refractivity contribution in [2.75, 3.05) is 75.9 Å². The number of rotatable bonds is 6. The molecule has 0 spiro atoms. The average Bonchev–Trinajstić information content (AvgIpc) is 2.88. The summed E-state index contributed by atoms with van der Waals surface area (Å²) in [7, 11) is 1.68. The maximum atomic E-state index is 13.5. The Kier molecular flexibility index (Phi) is 6.87. The number of carbonyl (C=O) groups is 1. The van der Waals surface area contributed by atoms with E-state index in [9.17, 15) is 9.18 Å². The first-order valence-electron chi connectivity index (χ1n) is 12.1. The number of nitrogens with one attached hydrogen (secondary N) is 1. The Morgan fingerprint density at radius 2 is 1.91 bits per heavy atom. The molecule has 7 nitrogen and oxygen atoms in total. The Morgan fingerprint density at radius 3 is 2.68 bits per heavy atom. The second-order valence-electron chi connectivity index (χ2n) is 9.23. The number of benzene rings is 2. The summed E-state index contributed by atoms with van der Waals surface area (Å²) < 4.78 is 24.4. The van der Waals surface area contributed by atoms with E-state index in [4.69, 9.17) is 9.47 Å². The number of halogens is 1. The van der Waals surface area contributed by atoms with Gasteiger partial charge in [0.05, 0.1) is 32.3 Å². The fraction of sp³-hybridized carbons (Fsp3) is 0.500. The smallest absolute Gasteiger partial charge is 0.225 e. The molecule has 5 rings (SSSR count). The second kappa shape index (κ2) is 10.2. The molecular formula is C26H33FN4O3. The minimum absolute atomic E-state index is 0.0294. The lowest BCUT2D eigenvalue weighted by Crippen LogP contribution is -2.61. The van der Waals surface area contributed by atoms with Crippen molar-refractivity contribution in [3.05, 3.63) is 53.8 Å². The normalized spacial score (nSPS) is 22.6. The topological polar surface area (TPSA) is 57.3 Å². The highest BCUT2D eigenvalue weighted by Crippen LogP contribution is 2.39. The first-order valence-corrected chi connectivity index (χ1v) is 12.1. The number of carbonyl (C=O) groups excluding carboxylic acids is 1. The molecule has 2 aromatic carbocycles. The molecule has 2 fully saturated rings. The van der Waals surface area contributed by atoms with E-state index in [-0.39, 0.29) is 23.7 Å². The summed E-state index contributed by atoms with van der Waals surface area (Å²) >= 11 is 0. The number of amides is 1. The number of morpholine rings is 1. The van der Waals surface area contributed by atoms with Gasteiger partial charge in [-0.15, -0.1) is 0 Å².